The van der Waals surface area contributed by atoms with Gasteiger partial charge in [-0.25, -0.2) is 4.98 Å². The Morgan fingerprint density at radius 1 is 1.04 bits per heavy atom. The van der Waals surface area contributed by atoms with Crippen LogP contribution in [0.15, 0.2) is 53.3 Å². The lowest BCUT2D eigenvalue weighted by atomic mass is 9.95. The topological polar surface area (TPSA) is 166 Å². The Balaban J connectivity index is 1.52. The summed E-state index contributed by atoms with van der Waals surface area (Å²) in [5.41, 5.74) is 4.17. The molecule has 0 fully saturated rings. The molecule has 264 valence electrons. The number of carbonyl (C=O) groups excluding carboxylic acids is 2. The first-order valence-corrected chi connectivity index (χ1v) is 17.4. The zero-order valence-corrected chi connectivity index (χ0v) is 29.8. The maximum Gasteiger partial charge on any atom is 0.246 e. The summed E-state index contributed by atoms with van der Waals surface area (Å²) in [5.74, 6) is 2.60. The van der Waals surface area contributed by atoms with Gasteiger partial charge < -0.3 is 34.9 Å². The van der Waals surface area contributed by atoms with Crippen LogP contribution >= 0.6 is 11.8 Å². The number of hydrogen-bond donors (Lipinski definition) is 4. The summed E-state index contributed by atoms with van der Waals surface area (Å²) >= 11 is 1.60. The van der Waals surface area contributed by atoms with Gasteiger partial charge in [-0.15, -0.1) is 0 Å². The fraction of sp³-hybridized carbons (Fsp3) is 0.361. The van der Waals surface area contributed by atoms with Gasteiger partial charge in [-0.2, -0.15) is 16.9 Å². The summed E-state index contributed by atoms with van der Waals surface area (Å²) in [6.07, 6.45) is 3.52. The Morgan fingerprint density at radius 3 is 2.54 bits per heavy atom. The number of aryl methyl sites for hydroxylation is 1. The first-order valence-electron chi connectivity index (χ1n) is 16.1. The smallest absolute Gasteiger partial charge is 0.246 e. The first kappa shape index (κ1) is 36.2. The van der Waals surface area contributed by atoms with Gasteiger partial charge in [0.1, 0.15) is 12.6 Å². The number of rotatable bonds is 14. The van der Waals surface area contributed by atoms with Gasteiger partial charge in [0, 0.05) is 30.8 Å². The molecule has 1 heterocycles. The minimum Gasteiger partial charge on any atom is -0.493 e. The molecule has 5 rings (SSSR count). The van der Waals surface area contributed by atoms with Crippen molar-refractivity contribution in [2.45, 2.75) is 44.9 Å². The van der Waals surface area contributed by atoms with Gasteiger partial charge in [-0.3, -0.25) is 19.5 Å². The van der Waals surface area contributed by atoms with Gasteiger partial charge in [0.15, 0.2) is 23.1 Å². The lowest BCUT2D eigenvalue weighted by Crippen LogP contribution is -2.36. The number of amides is 2. The number of benzene rings is 2. The Kier molecular flexibility index (Phi) is 12.0. The molecule has 50 heavy (non-hydrogen) atoms. The number of fused-ring (bicyclic) bond motifs is 3. The summed E-state index contributed by atoms with van der Waals surface area (Å²) in [7, 11) is 6.23. The molecule has 4 aromatic rings. The molecule has 14 heteroatoms. The SMILES string of the molecule is COCc1nc(-c2cccc(NC(=O)[C@H](CCSC)Nc3ccc4c(cc3=O)[C@@H](NC(C)=O)CCc3cc(OC)c(OC)c(OC)c3-4)c2)n[nH]1. The maximum absolute atomic E-state index is 14.0. The predicted octanol–water partition coefficient (Wildman–Crippen LogP) is 4.97. The van der Waals surface area contributed by atoms with Crippen molar-refractivity contribution in [3.63, 3.8) is 0 Å². The van der Waals surface area contributed by atoms with Crippen LogP contribution < -0.4 is 35.6 Å². The third-order valence-electron chi connectivity index (χ3n) is 8.37. The standard InChI is InChI=1S/C36H42N6O7S/c1-20(43)37-26-12-10-21-17-30(47-3)33(48-4)34(49-5)32(21)24-11-13-27(29(44)18-25(24)26)39-28(14-15-50-6)36(45)38-23-9-7-8-22(16-23)35-40-31(19-46-2)41-42-35/h7-9,11,13,16-18,26,28H,10,12,14-15,19H2,1-6H3,(H,37,43)(H,38,45)(H,39,44)(H,40,41,42)/t26-,28-/m0/s1. The zero-order valence-electron chi connectivity index (χ0n) is 29.0. The highest BCUT2D eigenvalue weighted by Gasteiger charge is 2.30. The maximum atomic E-state index is 14.0. The molecule has 0 bridgehead atoms. The van der Waals surface area contributed by atoms with E-state index in [0.29, 0.717) is 82.9 Å². The van der Waals surface area contributed by atoms with E-state index in [-0.39, 0.29) is 22.9 Å². The molecule has 0 unspecified atom stereocenters. The van der Waals surface area contributed by atoms with Crippen LogP contribution in [-0.4, -0.2) is 73.5 Å². The van der Waals surface area contributed by atoms with Gasteiger partial charge in [0.2, 0.25) is 23.0 Å². The summed E-state index contributed by atoms with van der Waals surface area (Å²) in [6.45, 7) is 1.75. The number of hydrogen-bond acceptors (Lipinski definition) is 11. The molecule has 1 aliphatic carbocycles. The minimum atomic E-state index is -0.741. The Bertz CT molecular complexity index is 1920. The number of H-pyrrole nitrogens is 1. The molecular formula is C36H42N6O7S. The number of methoxy groups -OCH3 is 4. The number of thioether (sulfide) groups is 1. The lowest BCUT2D eigenvalue weighted by molar-refractivity contribution is -0.120. The van der Waals surface area contributed by atoms with Crippen LogP contribution in [-0.2, 0) is 27.4 Å². The van der Waals surface area contributed by atoms with Crippen LogP contribution in [0.3, 0.4) is 0 Å². The van der Waals surface area contributed by atoms with E-state index < -0.39 is 12.1 Å². The molecular weight excluding hydrogens is 660 g/mol. The molecule has 0 saturated carbocycles. The second-order valence-corrected chi connectivity index (χ2v) is 12.7. The van der Waals surface area contributed by atoms with Crippen LogP contribution in [0.5, 0.6) is 17.2 Å². The first-order chi connectivity index (χ1) is 24.2. The molecule has 1 aliphatic rings. The van der Waals surface area contributed by atoms with Gasteiger partial charge in [0.05, 0.1) is 33.1 Å². The van der Waals surface area contributed by atoms with E-state index in [4.69, 9.17) is 18.9 Å². The molecule has 1 aromatic heterocycles. The highest BCUT2D eigenvalue weighted by Crippen LogP contribution is 2.50. The largest absolute Gasteiger partial charge is 0.493 e. The molecule has 13 nitrogen and oxygen atoms in total. The highest BCUT2D eigenvalue weighted by atomic mass is 32.2. The molecule has 0 saturated heterocycles. The average molecular weight is 703 g/mol. The second kappa shape index (κ2) is 16.5. The van der Waals surface area contributed by atoms with Crippen LogP contribution in [0.4, 0.5) is 11.4 Å². The lowest BCUT2D eigenvalue weighted by Gasteiger charge is -2.19. The summed E-state index contributed by atoms with van der Waals surface area (Å²) in [5, 5.41) is 16.3. The number of ether oxygens (including phenoxy) is 4. The van der Waals surface area contributed by atoms with Crippen LogP contribution in [0, 0.1) is 0 Å². The summed E-state index contributed by atoms with van der Waals surface area (Å²) in [4.78, 5) is 44.5. The van der Waals surface area contributed by atoms with Crippen molar-refractivity contribution in [1.29, 1.82) is 0 Å². The summed E-state index contributed by atoms with van der Waals surface area (Å²) < 4.78 is 22.3. The highest BCUT2D eigenvalue weighted by molar-refractivity contribution is 7.98. The van der Waals surface area contributed by atoms with Crippen molar-refractivity contribution in [3.8, 4) is 39.8 Å². The van der Waals surface area contributed by atoms with Crippen molar-refractivity contribution < 1.29 is 28.5 Å². The third-order valence-corrected chi connectivity index (χ3v) is 9.02. The van der Waals surface area contributed by atoms with Gasteiger partial charge >= 0.3 is 0 Å². The van der Waals surface area contributed by atoms with Crippen molar-refractivity contribution in [2.75, 3.05) is 51.1 Å². The summed E-state index contributed by atoms with van der Waals surface area (Å²) in [6, 6.07) is 13.0. The van der Waals surface area contributed by atoms with E-state index in [2.05, 4.69) is 31.1 Å². The Hall–Kier alpha value is -5.08. The molecule has 2 atom stereocenters. The Labute approximate surface area is 294 Å². The Morgan fingerprint density at radius 2 is 1.84 bits per heavy atom. The second-order valence-electron chi connectivity index (χ2n) is 11.7. The minimum absolute atomic E-state index is 0.220. The number of anilines is 2. The van der Waals surface area contributed by atoms with E-state index in [1.54, 1.807) is 51.3 Å². The van der Waals surface area contributed by atoms with E-state index in [1.165, 1.54) is 20.1 Å². The van der Waals surface area contributed by atoms with Crippen molar-refractivity contribution in [1.82, 2.24) is 20.5 Å². The molecule has 4 N–H and O–H groups in total. The number of carbonyl (C=O) groups is 2. The van der Waals surface area contributed by atoms with Gasteiger partial charge in [-0.1, -0.05) is 18.2 Å². The van der Waals surface area contributed by atoms with Gasteiger partial charge in [0.25, 0.3) is 0 Å². The molecule has 0 aliphatic heterocycles. The van der Waals surface area contributed by atoms with E-state index in [1.807, 2.05) is 30.5 Å². The average Bonchev–Trinajstić information content (AvgIpc) is 3.46. The normalized spacial score (nSPS) is 14.0. The van der Waals surface area contributed by atoms with Gasteiger partial charge in [-0.05, 0) is 78.3 Å². The molecule has 2 amide bonds. The molecule has 0 radical (unpaired) electrons. The molecule has 3 aromatic carbocycles. The molecule has 0 spiro atoms. The van der Waals surface area contributed by atoms with E-state index in [0.717, 1.165) is 11.1 Å². The fourth-order valence-electron chi connectivity index (χ4n) is 6.11. The predicted molar refractivity (Wildman–Crippen MR) is 194 cm³/mol. The van der Waals surface area contributed by atoms with Crippen molar-refractivity contribution in [3.05, 3.63) is 75.7 Å². The van der Waals surface area contributed by atoms with Crippen molar-refractivity contribution in [2.24, 2.45) is 0 Å². The van der Waals surface area contributed by atoms with Crippen molar-refractivity contribution >= 4 is 35.0 Å². The monoisotopic (exact) mass is 702 g/mol. The van der Waals surface area contributed by atoms with E-state index >= 15 is 0 Å². The zero-order chi connectivity index (χ0) is 35.8. The fourth-order valence-corrected chi connectivity index (χ4v) is 6.58. The number of aromatic nitrogens is 3. The van der Waals surface area contributed by atoms with Crippen LogP contribution in [0.25, 0.3) is 22.5 Å². The number of nitrogens with one attached hydrogen (secondary N) is 4. The van der Waals surface area contributed by atoms with E-state index in [9.17, 15) is 14.4 Å². The van der Waals surface area contributed by atoms with Crippen LogP contribution in [0.1, 0.15) is 42.8 Å². The quantitative estimate of drug-likeness (QED) is 0.140. The number of nitrogens with zero attached hydrogens (tertiary/aromatic N) is 2. The number of aromatic amines is 1. The van der Waals surface area contributed by atoms with Crippen LogP contribution in [0.2, 0.25) is 0 Å². The third kappa shape index (κ3) is 8.03.